The average Bonchev–Trinajstić information content (AvgIpc) is 2.58. The highest BCUT2D eigenvalue weighted by atomic mass is 35.5. The Bertz CT molecular complexity index is 724. The van der Waals surface area contributed by atoms with Crippen molar-refractivity contribution in [2.24, 2.45) is 16.2 Å². The lowest BCUT2D eigenvalue weighted by Crippen LogP contribution is -2.30. The first kappa shape index (κ1) is 23.4. The molecule has 0 bridgehead atoms. The summed E-state index contributed by atoms with van der Waals surface area (Å²) < 4.78 is 82.6. The van der Waals surface area contributed by atoms with E-state index in [0.717, 1.165) is 6.07 Å². The van der Waals surface area contributed by atoms with Crippen LogP contribution in [0.15, 0.2) is 16.5 Å². The first-order valence-electron chi connectivity index (χ1n) is 9.01. The molecule has 1 atom stereocenters. The Balaban J connectivity index is 2.29. The fourth-order valence-corrected chi connectivity index (χ4v) is 3.96. The summed E-state index contributed by atoms with van der Waals surface area (Å²) in [4.78, 5) is 0. The molecule has 1 aliphatic carbocycles. The van der Waals surface area contributed by atoms with Gasteiger partial charge in [-0.3, -0.25) is 0 Å². The molecular formula is C19H23ClF5NOS. The Morgan fingerprint density at radius 1 is 1.14 bits per heavy atom. The second-order valence-electron chi connectivity index (χ2n) is 8.09. The normalized spacial score (nSPS) is 23.0. The Hall–Kier alpha value is -0.860. The van der Waals surface area contributed by atoms with Gasteiger partial charge in [0.25, 0.3) is 0 Å². The van der Waals surface area contributed by atoms with Crippen molar-refractivity contribution in [2.75, 3.05) is 0 Å². The summed E-state index contributed by atoms with van der Waals surface area (Å²) in [5, 5.41) is -0.687. The van der Waals surface area contributed by atoms with Gasteiger partial charge in [0.1, 0.15) is 32.7 Å². The van der Waals surface area contributed by atoms with Gasteiger partial charge in [-0.25, -0.2) is 8.78 Å². The van der Waals surface area contributed by atoms with E-state index in [2.05, 4.69) is 4.40 Å². The standard InChI is InChI=1S/C19H23ClF5NOS/c1-18(2,3)28(27)26-15(13-8-9-14(21)16(20)17(13)22)10-11-4-6-12(7-5-11)19(23,24)25/h8-9,11-12H,4-7,10H2,1-3H3/b26-15-/t11?,12?,28-/m1/s1. The van der Waals surface area contributed by atoms with Crippen molar-refractivity contribution in [3.05, 3.63) is 34.4 Å². The van der Waals surface area contributed by atoms with Crippen LogP contribution in [0.4, 0.5) is 22.0 Å². The third kappa shape index (κ3) is 5.83. The van der Waals surface area contributed by atoms with E-state index in [0.29, 0.717) is 12.8 Å². The molecule has 2 rings (SSSR count). The zero-order valence-corrected chi connectivity index (χ0v) is 17.4. The summed E-state index contributed by atoms with van der Waals surface area (Å²) in [5.74, 6) is -3.41. The fourth-order valence-electron chi connectivity index (χ4n) is 3.15. The van der Waals surface area contributed by atoms with Crippen molar-refractivity contribution in [2.45, 2.75) is 63.8 Å². The first-order chi connectivity index (χ1) is 12.8. The van der Waals surface area contributed by atoms with Crippen LogP contribution >= 0.6 is 11.6 Å². The van der Waals surface area contributed by atoms with Crippen molar-refractivity contribution in [1.82, 2.24) is 0 Å². The van der Waals surface area contributed by atoms with Crippen molar-refractivity contribution < 1.29 is 26.5 Å². The summed E-state index contributed by atoms with van der Waals surface area (Å²) in [6.45, 7) is 5.10. The summed E-state index contributed by atoms with van der Waals surface area (Å²) in [5.41, 5.74) is 0.0741. The van der Waals surface area contributed by atoms with E-state index < -0.39 is 44.9 Å². The fraction of sp³-hybridized carbons (Fsp3) is 0.632. The van der Waals surface area contributed by atoms with Crippen LogP contribution in [-0.2, 0) is 11.4 Å². The van der Waals surface area contributed by atoms with E-state index in [1.807, 2.05) is 0 Å². The second kappa shape index (κ2) is 8.88. The van der Waals surface area contributed by atoms with Crippen LogP contribution < -0.4 is 0 Å². The minimum absolute atomic E-state index is 0.00351. The molecule has 0 spiro atoms. The quantitative estimate of drug-likeness (QED) is 0.222. The molecule has 2 nitrogen and oxygen atoms in total. The molecule has 0 amide bonds. The number of nitrogens with zero attached hydrogens (tertiary/aromatic N) is 1. The topological polar surface area (TPSA) is 35.4 Å². The maximum Gasteiger partial charge on any atom is 0.391 e. The Labute approximate surface area is 169 Å². The van der Waals surface area contributed by atoms with E-state index in [9.17, 15) is 26.5 Å². The lowest BCUT2D eigenvalue weighted by molar-refractivity contribution is -0.183. The summed E-state index contributed by atoms with van der Waals surface area (Å²) in [6, 6.07) is 2.17. The maximum atomic E-state index is 14.5. The SMILES string of the molecule is CC(C)(C)[S@@+]([O-])/N=C(/CC1CCC(C(F)(F)F)CC1)c1ccc(F)c(Cl)c1F. The van der Waals surface area contributed by atoms with Crippen LogP contribution in [0, 0.1) is 23.5 Å². The van der Waals surface area contributed by atoms with Crippen LogP contribution in [0.25, 0.3) is 0 Å². The van der Waals surface area contributed by atoms with Crippen LogP contribution in [0.5, 0.6) is 0 Å². The molecule has 9 heteroatoms. The number of hydrogen-bond donors (Lipinski definition) is 0. The molecule has 28 heavy (non-hydrogen) atoms. The van der Waals surface area contributed by atoms with Gasteiger partial charge in [0.15, 0.2) is 5.82 Å². The molecular weight excluding hydrogens is 421 g/mol. The molecule has 158 valence electrons. The third-order valence-electron chi connectivity index (χ3n) is 4.85. The van der Waals surface area contributed by atoms with Crippen molar-refractivity contribution >= 4 is 28.7 Å². The highest BCUT2D eigenvalue weighted by Crippen LogP contribution is 2.41. The number of hydrogen-bond acceptors (Lipinski definition) is 2. The predicted molar refractivity (Wildman–Crippen MR) is 102 cm³/mol. The van der Waals surface area contributed by atoms with Gasteiger partial charge in [0, 0.05) is 5.56 Å². The average molecular weight is 444 g/mol. The molecule has 0 radical (unpaired) electrons. The molecule has 0 aliphatic heterocycles. The zero-order chi connectivity index (χ0) is 21.3. The Kier molecular flexibility index (Phi) is 7.42. The molecule has 0 aromatic heterocycles. The molecule has 1 fully saturated rings. The predicted octanol–water partition coefficient (Wildman–Crippen LogP) is 6.63. The summed E-state index contributed by atoms with van der Waals surface area (Å²) in [7, 11) is 0. The summed E-state index contributed by atoms with van der Waals surface area (Å²) in [6.07, 6.45) is -3.45. The second-order valence-corrected chi connectivity index (χ2v) is 10.4. The molecule has 0 N–H and O–H groups in total. The lowest BCUT2D eigenvalue weighted by atomic mass is 9.79. The monoisotopic (exact) mass is 443 g/mol. The van der Waals surface area contributed by atoms with Crippen molar-refractivity contribution in [1.29, 1.82) is 0 Å². The highest BCUT2D eigenvalue weighted by Gasteiger charge is 2.41. The number of benzene rings is 1. The minimum atomic E-state index is -4.22. The molecule has 1 aliphatic rings. The smallest absolute Gasteiger partial charge is 0.391 e. The van der Waals surface area contributed by atoms with E-state index in [-0.39, 0.29) is 36.5 Å². The first-order valence-corrected chi connectivity index (χ1v) is 10.5. The van der Waals surface area contributed by atoms with Gasteiger partial charge in [-0.15, -0.1) is 0 Å². The van der Waals surface area contributed by atoms with Gasteiger partial charge in [0.05, 0.1) is 5.92 Å². The van der Waals surface area contributed by atoms with E-state index in [1.165, 1.54) is 6.07 Å². The Morgan fingerprint density at radius 2 is 1.71 bits per heavy atom. The van der Waals surface area contributed by atoms with Crippen LogP contribution in [0.2, 0.25) is 5.02 Å². The van der Waals surface area contributed by atoms with E-state index >= 15 is 0 Å². The van der Waals surface area contributed by atoms with Gasteiger partial charge < -0.3 is 4.55 Å². The number of rotatable bonds is 4. The largest absolute Gasteiger partial charge is 0.591 e. The molecule has 0 heterocycles. The van der Waals surface area contributed by atoms with Crippen molar-refractivity contribution in [3.63, 3.8) is 0 Å². The molecule has 0 saturated heterocycles. The van der Waals surface area contributed by atoms with Crippen LogP contribution in [0.3, 0.4) is 0 Å². The van der Waals surface area contributed by atoms with Crippen LogP contribution in [-0.4, -0.2) is 21.2 Å². The molecule has 1 aromatic carbocycles. The lowest BCUT2D eigenvalue weighted by Gasteiger charge is -2.30. The maximum absolute atomic E-state index is 14.5. The number of alkyl halides is 3. The van der Waals surface area contributed by atoms with Gasteiger partial charge in [-0.2, -0.15) is 13.2 Å². The van der Waals surface area contributed by atoms with Gasteiger partial charge in [0.2, 0.25) is 0 Å². The third-order valence-corrected chi connectivity index (χ3v) is 6.64. The van der Waals surface area contributed by atoms with Crippen molar-refractivity contribution in [3.8, 4) is 0 Å². The summed E-state index contributed by atoms with van der Waals surface area (Å²) >= 11 is 3.95. The molecule has 0 unspecified atom stereocenters. The number of halogens is 6. The Morgan fingerprint density at radius 3 is 2.21 bits per heavy atom. The highest BCUT2D eigenvalue weighted by molar-refractivity contribution is 7.91. The molecule has 1 aromatic rings. The van der Waals surface area contributed by atoms with Gasteiger partial charge in [-0.1, -0.05) is 16.0 Å². The van der Waals surface area contributed by atoms with E-state index in [4.69, 9.17) is 11.6 Å². The minimum Gasteiger partial charge on any atom is -0.591 e. The van der Waals surface area contributed by atoms with E-state index in [1.54, 1.807) is 20.8 Å². The zero-order valence-electron chi connectivity index (χ0n) is 15.9. The molecule has 1 saturated carbocycles. The van der Waals surface area contributed by atoms with Gasteiger partial charge >= 0.3 is 6.18 Å². The van der Waals surface area contributed by atoms with Crippen LogP contribution in [0.1, 0.15) is 58.4 Å². The van der Waals surface area contributed by atoms with Gasteiger partial charge in [-0.05, 0) is 70.9 Å².